The van der Waals surface area contributed by atoms with Gasteiger partial charge in [0.05, 0.1) is 18.2 Å². The maximum Gasteiger partial charge on any atom is 0.199 e. The zero-order valence-electron chi connectivity index (χ0n) is 11.1. The van der Waals surface area contributed by atoms with Crippen LogP contribution in [0.1, 0.15) is 20.3 Å². The predicted octanol–water partition coefficient (Wildman–Crippen LogP) is 0.308. The van der Waals surface area contributed by atoms with Gasteiger partial charge in [-0.25, -0.2) is 0 Å². The number of rotatable bonds is 6. The molecule has 2 aromatic rings. The molecule has 0 bridgehead atoms. The molecule has 0 radical (unpaired) electrons. The van der Waals surface area contributed by atoms with Crippen molar-refractivity contribution in [3.8, 4) is 0 Å². The van der Waals surface area contributed by atoms with E-state index in [4.69, 9.17) is 11.1 Å². The summed E-state index contributed by atoms with van der Waals surface area (Å²) in [4.78, 5) is 6.25. The van der Waals surface area contributed by atoms with Gasteiger partial charge < -0.3 is 10.6 Å². The molecule has 0 aliphatic rings. The van der Waals surface area contributed by atoms with Crippen LogP contribution in [0.3, 0.4) is 0 Å². The average Bonchev–Trinajstić information content (AvgIpc) is 2.81. The Morgan fingerprint density at radius 1 is 1.47 bits per heavy atom. The molecule has 2 rings (SSSR count). The van der Waals surface area contributed by atoms with Gasteiger partial charge in [-0.05, 0) is 16.3 Å². The summed E-state index contributed by atoms with van der Waals surface area (Å²) in [5, 5.41) is 18.8. The molecular formula is C11H18N8. The Morgan fingerprint density at radius 2 is 2.26 bits per heavy atom. The number of amidine groups is 1. The van der Waals surface area contributed by atoms with Crippen LogP contribution in [0.2, 0.25) is 0 Å². The zero-order valence-corrected chi connectivity index (χ0v) is 11.1. The number of aromatic nitrogens is 5. The molecule has 0 fully saturated rings. The fourth-order valence-corrected chi connectivity index (χ4v) is 1.87. The first-order chi connectivity index (χ1) is 9.08. The van der Waals surface area contributed by atoms with Crippen LogP contribution in [0, 0.1) is 11.3 Å². The minimum Gasteiger partial charge on any atom is -0.388 e. The number of tetrazole rings is 1. The number of nitrogens with zero attached hydrogens (tertiary/aromatic N) is 6. The first-order valence-electron chi connectivity index (χ1n) is 6.18. The van der Waals surface area contributed by atoms with Gasteiger partial charge in [0.15, 0.2) is 11.5 Å². The summed E-state index contributed by atoms with van der Waals surface area (Å²) in [6.45, 7) is 5.74. The molecule has 2 aromatic heterocycles. The van der Waals surface area contributed by atoms with Crippen molar-refractivity contribution in [2.24, 2.45) is 11.7 Å². The normalized spacial score (nSPS) is 11.1. The van der Waals surface area contributed by atoms with Gasteiger partial charge in [0.1, 0.15) is 0 Å². The molecule has 0 spiro atoms. The zero-order chi connectivity index (χ0) is 13.8. The predicted molar refractivity (Wildman–Crippen MR) is 72.2 cm³/mol. The second-order valence-corrected chi connectivity index (χ2v) is 4.83. The Labute approximate surface area is 111 Å². The molecule has 0 saturated carbocycles. The van der Waals surface area contributed by atoms with E-state index < -0.39 is 0 Å². The molecule has 0 amide bonds. The molecular weight excluding hydrogens is 244 g/mol. The second kappa shape index (κ2) is 5.59. The third-order valence-electron chi connectivity index (χ3n) is 2.65. The van der Waals surface area contributed by atoms with Crippen molar-refractivity contribution < 1.29 is 0 Å². The number of nitrogens with one attached hydrogen (secondary N) is 1. The van der Waals surface area contributed by atoms with E-state index in [2.05, 4.69) is 39.3 Å². The smallest absolute Gasteiger partial charge is 0.199 e. The van der Waals surface area contributed by atoms with Crippen LogP contribution in [0.15, 0.2) is 12.4 Å². The van der Waals surface area contributed by atoms with E-state index in [1.165, 1.54) is 0 Å². The standard InChI is InChI=1S/C11H18N8/c1-8(2)7-18(4-3-9(12)13)11-6-14-5-10-15-16-17-19(10)11/h5-6,8H,3-4,7H2,1-2H3,(H3,12,13). The Hall–Kier alpha value is -2.25. The molecule has 3 N–H and O–H groups in total. The summed E-state index contributed by atoms with van der Waals surface area (Å²) in [6.07, 6.45) is 3.85. The van der Waals surface area contributed by atoms with E-state index in [9.17, 15) is 0 Å². The van der Waals surface area contributed by atoms with Gasteiger partial charge in [-0.15, -0.1) is 5.10 Å². The highest BCUT2D eigenvalue weighted by atomic mass is 15.5. The Bertz CT molecular complexity index is 561. The van der Waals surface area contributed by atoms with Gasteiger partial charge in [0.2, 0.25) is 0 Å². The highest BCUT2D eigenvalue weighted by Crippen LogP contribution is 2.15. The van der Waals surface area contributed by atoms with Crippen molar-refractivity contribution in [3.05, 3.63) is 12.4 Å². The van der Waals surface area contributed by atoms with E-state index in [0.717, 1.165) is 12.4 Å². The van der Waals surface area contributed by atoms with Crippen molar-refractivity contribution in [2.75, 3.05) is 18.0 Å². The number of hydrogen-bond acceptors (Lipinski definition) is 6. The molecule has 0 unspecified atom stereocenters. The number of nitrogens with two attached hydrogens (primary N) is 1. The van der Waals surface area contributed by atoms with Crippen LogP contribution in [0.4, 0.5) is 5.82 Å². The molecule has 0 aliphatic heterocycles. The van der Waals surface area contributed by atoms with Crippen LogP contribution in [-0.4, -0.2) is 43.9 Å². The highest BCUT2D eigenvalue weighted by Gasteiger charge is 2.14. The fraction of sp³-hybridized carbons (Fsp3) is 0.545. The van der Waals surface area contributed by atoms with Crippen LogP contribution >= 0.6 is 0 Å². The lowest BCUT2D eigenvalue weighted by Crippen LogP contribution is -2.32. The van der Waals surface area contributed by atoms with Crippen molar-refractivity contribution in [1.82, 2.24) is 25.0 Å². The quantitative estimate of drug-likeness (QED) is 0.572. The molecule has 2 heterocycles. The minimum absolute atomic E-state index is 0.172. The third kappa shape index (κ3) is 3.15. The van der Waals surface area contributed by atoms with Crippen LogP contribution in [-0.2, 0) is 0 Å². The average molecular weight is 262 g/mol. The summed E-state index contributed by atoms with van der Waals surface area (Å²) in [6, 6.07) is 0. The van der Waals surface area contributed by atoms with Gasteiger partial charge in [-0.2, -0.15) is 4.52 Å². The highest BCUT2D eigenvalue weighted by molar-refractivity contribution is 5.77. The number of fused-ring (bicyclic) bond motifs is 1. The van der Waals surface area contributed by atoms with Crippen molar-refractivity contribution in [3.63, 3.8) is 0 Å². The van der Waals surface area contributed by atoms with Crippen LogP contribution < -0.4 is 10.6 Å². The molecule has 0 atom stereocenters. The van der Waals surface area contributed by atoms with Gasteiger partial charge in [0, 0.05) is 19.5 Å². The molecule has 0 saturated heterocycles. The Balaban J connectivity index is 2.30. The maximum absolute atomic E-state index is 7.35. The van der Waals surface area contributed by atoms with E-state index in [1.807, 2.05) is 0 Å². The molecule has 0 aromatic carbocycles. The molecule has 102 valence electrons. The number of anilines is 1. The van der Waals surface area contributed by atoms with E-state index in [-0.39, 0.29) is 5.84 Å². The number of hydrogen-bond donors (Lipinski definition) is 2. The monoisotopic (exact) mass is 262 g/mol. The lowest BCUT2D eigenvalue weighted by atomic mass is 10.2. The molecule has 19 heavy (non-hydrogen) atoms. The Morgan fingerprint density at radius 3 is 2.95 bits per heavy atom. The maximum atomic E-state index is 7.35. The van der Waals surface area contributed by atoms with Crippen LogP contribution in [0.25, 0.3) is 5.65 Å². The Kier molecular flexibility index (Phi) is 3.88. The van der Waals surface area contributed by atoms with Crippen LogP contribution in [0.5, 0.6) is 0 Å². The van der Waals surface area contributed by atoms with Gasteiger partial charge >= 0.3 is 0 Å². The minimum atomic E-state index is 0.172. The van der Waals surface area contributed by atoms with E-state index in [1.54, 1.807) is 16.9 Å². The summed E-state index contributed by atoms with van der Waals surface area (Å²) in [5.41, 5.74) is 6.04. The summed E-state index contributed by atoms with van der Waals surface area (Å²) < 4.78 is 1.65. The van der Waals surface area contributed by atoms with Crippen molar-refractivity contribution in [1.29, 1.82) is 5.41 Å². The SMILES string of the molecule is CC(C)CN(CCC(=N)N)c1cncc2nnnn12. The lowest BCUT2D eigenvalue weighted by Gasteiger charge is -2.25. The lowest BCUT2D eigenvalue weighted by molar-refractivity contribution is 0.601. The largest absolute Gasteiger partial charge is 0.388 e. The summed E-state index contributed by atoms with van der Waals surface area (Å²) >= 11 is 0. The fourth-order valence-electron chi connectivity index (χ4n) is 1.87. The first-order valence-corrected chi connectivity index (χ1v) is 6.18. The topological polar surface area (TPSA) is 109 Å². The van der Waals surface area contributed by atoms with Gasteiger partial charge in [-0.1, -0.05) is 13.8 Å². The molecule has 8 heteroatoms. The third-order valence-corrected chi connectivity index (χ3v) is 2.65. The van der Waals surface area contributed by atoms with Crippen molar-refractivity contribution >= 4 is 17.3 Å². The van der Waals surface area contributed by atoms with Crippen molar-refractivity contribution in [2.45, 2.75) is 20.3 Å². The summed E-state index contributed by atoms with van der Waals surface area (Å²) in [5.74, 6) is 1.46. The second-order valence-electron chi connectivity index (χ2n) is 4.83. The molecule has 0 aliphatic carbocycles. The van der Waals surface area contributed by atoms with Gasteiger partial charge in [-0.3, -0.25) is 10.4 Å². The first kappa shape index (κ1) is 13.2. The van der Waals surface area contributed by atoms with E-state index in [0.29, 0.717) is 24.5 Å². The summed E-state index contributed by atoms with van der Waals surface area (Å²) in [7, 11) is 0. The molecule has 8 nitrogen and oxygen atoms in total. The van der Waals surface area contributed by atoms with E-state index >= 15 is 0 Å². The van der Waals surface area contributed by atoms with Gasteiger partial charge in [0.25, 0.3) is 0 Å².